The van der Waals surface area contributed by atoms with Crippen molar-refractivity contribution in [3.63, 3.8) is 0 Å². The quantitative estimate of drug-likeness (QED) is 0.421. The molecule has 0 fully saturated rings. The second kappa shape index (κ2) is 6.58. The average Bonchev–Trinajstić information content (AvgIpc) is 2.00. The molecule has 0 aliphatic heterocycles. The molecule has 0 amide bonds. The Morgan fingerprint density at radius 1 is 1.58 bits per heavy atom. The summed E-state index contributed by atoms with van der Waals surface area (Å²) in [5.74, 6) is 0. The first-order valence-electron chi connectivity index (χ1n) is 4.07. The first-order valence-corrected chi connectivity index (χ1v) is 8.39. The zero-order chi connectivity index (χ0) is 9.61. The van der Waals surface area contributed by atoms with E-state index in [0.717, 1.165) is 19.0 Å². The summed E-state index contributed by atoms with van der Waals surface area (Å²) in [6, 6.07) is 0. The largest absolute Gasteiger partial charge is 0.378 e. The van der Waals surface area contributed by atoms with Crippen LogP contribution in [0.2, 0.25) is 6.32 Å². The molecule has 0 radical (unpaired) electrons. The molecule has 0 saturated carbocycles. The van der Waals surface area contributed by atoms with Gasteiger partial charge in [0.05, 0.1) is 5.60 Å². The molecule has 0 saturated heterocycles. The Labute approximate surface area is 91.3 Å². The van der Waals surface area contributed by atoms with Gasteiger partial charge in [0.2, 0.25) is 0 Å². The lowest BCUT2D eigenvalue weighted by molar-refractivity contribution is 0.00335. The Hall–Kier alpha value is 1.14. The lowest BCUT2D eigenvalue weighted by Crippen LogP contribution is -2.39. The van der Waals surface area contributed by atoms with E-state index in [9.17, 15) is 0 Å². The predicted molar refractivity (Wildman–Crippen MR) is 68.3 cm³/mol. The number of likely N-dealkylation sites (N-methyl/N-ethyl adjacent to an activating group) is 1. The Kier molecular flexibility index (Phi) is 7.20. The summed E-state index contributed by atoms with van der Waals surface area (Å²) >= 11 is 2.44. The van der Waals surface area contributed by atoms with Crippen molar-refractivity contribution in [3.05, 3.63) is 0 Å². The van der Waals surface area contributed by atoms with Gasteiger partial charge < -0.3 is 9.64 Å². The predicted octanol–water partition coefficient (Wildman–Crippen LogP) is 1.75. The lowest BCUT2D eigenvalue weighted by Gasteiger charge is -2.30. The summed E-state index contributed by atoms with van der Waals surface area (Å²) in [4.78, 5) is 2.18. The van der Waals surface area contributed by atoms with E-state index < -0.39 is 0 Å². The van der Waals surface area contributed by atoms with Crippen LogP contribution in [0.3, 0.4) is 0 Å². The minimum atomic E-state index is 0.0433. The Morgan fingerprint density at radius 3 is 2.50 bits per heavy atom. The van der Waals surface area contributed by atoms with Gasteiger partial charge in [0.15, 0.2) is 7.00 Å². The van der Waals surface area contributed by atoms with Crippen LogP contribution in [0.1, 0.15) is 6.92 Å². The van der Waals surface area contributed by atoms with Crippen molar-refractivity contribution >= 4 is 35.1 Å². The van der Waals surface area contributed by atoms with E-state index in [1.165, 1.54) is 7.00 Å². The number of methoxy groups -OCH3 is 1. The van der Waals surface area contributed by atoms with E-state index in [1.54, 1.807) is 7.11 Å². The average molecular weight is 301 g/mol. The number of hydrogen-bond acceptors (Lipinski definition) is 2. The molecule has 72 valence electrons. The van der Waals surface area contributed by atoms with Crippen molar-refractivity contribution in [3.8, 4) is 0 Å². The molecule has 0 heterocycles. The molecule has 0 spiro atoms. The van der Waals surface area contributed by atoms with E-state index in [4.69, 9.17) is 4.74 Å². The van der Waals surface area contributed by atoms with Gasteiger partial charge in [0.1, 0.15) is 0 Å². The molecule has 0 bridgehead atoms. The zero-order valence-corrected chi connectivity index (χ0v) is 11.5. The van der Waals surface area contributed by atoms with Gasteiger partial charge in [-0.3, -0.25) is 0 Å². The Balaban J connectivity index is 3.86. The molecule has 2 atom stereocenters. The van der Waals surface area contributed by atoms with Gasteiger partial charge in [0.25, 0.3) is 0 Å². The second-order valence-corrected chi connectivity index (χ2v) is 6.58. The molecule has 5 heteroatoms. The van der Waals surface area contributed by atoms with Gasteiger partial charge in [0, 0.05) is 13.7 Å². The van der Waals surface area contributed by atoms with Crippen LogP contribution < -0.4 is 0 Å². The van der Waals surface area contributed by atoms with Gasteiger partial charge >= 0.3 is 0 Å². The fourth-order valence-corrected chi connectivity index (χ4v) is 2.66. The van der Waals surface area contributed by atoms with Crippen molar-refractivity contribution < 1.29 is 4.74 Å². The highest BCUT2D eigenvalue weighted by Crippen LogP contribution is 2.25. The Bertz CT molecular complexity index is 128. The molecule has 0 rings (SSSR count). The van der Waals surface area contributed by atoms with Gasteiger partial charge in [-0.2, -0.15) is 0 Å². The van der Waals surface area contributed by atoms with E-state index in [2.05, 4.69) is 48.0 Å². The Morgan fingerprint density at radius 2 is 2.17 bits per heavy atom. The molecule has 0 N–H and O–H groups in total. The normalized spacial score (nSPS) is 17.2. The molecule has 0 aromatic carbocycles. The topological polar surface area (TPSA) is 12.5 Å². The maximum absolute atomic E-state index is 5.51. The standard InChI is InChI=1S/C7H18BINOP/c1-7(11-4,5-8-12-9)6-10(2)3/h8,12H,5-6H2,1-4H3. The fraction of sp³-hybridized carbons (Fsp3) is 1.00. The second-order valence-electron chi connectivity index (χ2n) is 3.53. The minimum absolute atomic E-state index is 0.0433. The molecule has 2 nitrogen and oxygen atoms in total. The van der Waals surface area contributed by atoms with E-state index in [-0.39, 0.29) is 5.60 Å². The summed E-state index contributed by atoms with van der Waals surface area (Å²) in [5.41, 5.74) is 0.0433. The highest BCUT2D eigenvalue weighted by molar-refractivity contribution is 14.2. The summed E-state index contributed by atoms with van der Waals surface area (Å²) in [6.45, 7) is 4.45. The molecular formula is C7H18BINOP. The number of halogens is 1. The number of rotatable bonds is 6. The number of ether oxygens (including phenoxy) is 1. The maximum atomic E-state index is 5.51. The van der Waals surface area contributed by atoms with Crippen LogP contribution >= 0.6 is 28.1 Å². The van der Waals surface area contributed by atoms with Crippen LogP contribution in [0.15, 0.2) is 0 Å². The number of hydrogen-bond donors (Lipinski definition) is 0. The highest BCUT2D eigenvalue weighted by atomic mass is 127. The fourth-order valence-electron chi connectivity index (χ4n) is 1.23. The van der Waals surface area contributed by atoms with Gasteiger partial charge in [-0.05, 0) is 27.3 Å². The summed E-state index contributed by atoms with van der Waals surface area (Å²) in [7, 11) is 5.98. The van der Waals surface area contributed by atoms with Crippen LogP contribution in [0.25, 0.3) is 0 Å². The highest BCUT2D eigenvalue weighted by Gasteiger charge is 2.23. The van der Waals surface area contributed by atoms with E-state index in [1.807, 2.05) is 0 Å². The molecule has 2 unspecified atom stereocenters. The van der Waals surface area contributed by atoms with Crippen LogP contribution in [-0.4, -0.2) is 45.2 Å². The van der Waals surface area contributed by atoms with Gasteiger partial charge in [-0.25, -0.2) is 0 Å². The smallest absolute Gasteiger partial charge is 0.164 e. The SMILES string of the molecule is COC(C)(CBPI)CN(C)C. The molecular weight excluding hydrogens is 283 g/mol. The third-order valence-corrected chi connectivity index (χ3v) is 3.95. The van der Waals surface area contributed by atoms with Crippen LogP contribution in [-0.2, 0) is 4.74 Å². The lowest BCUT2D eigenvalue weighted by atomic mass is 9.86. The minimum Gasteiger partial charge on any atom is -0.378 e. The van der Waals surface area contributed by atoms with Crippen LogP contribution in [0, 0.1) is 0 Å². The molecule has 0 aromatic rings. The van der Waals surface area contributed by atoms with Crippen molar-refractivity contribution in [2.45, 2.75) is 18.8 Å². The first-order chi connectivity index (χ1) is 5.54. The van der Waals surface area contributed by atoms with Crippen LogP contribution in [0.4, 0.5) is 0 Å². The maximum Gasteiger partial charge on any atom is 0.164 e. The molecule has 0 aromatic heterocycles. The van der Waals surface area contributed by atoms with Crippen molar-refractivity contribution in [2.75, 3.05) is 27.7 Å². The van der Waals surface area contributed by atoms with E-state index >= 15 is 0 Å². The van der Waals surface area contributed by atoms with Gasteiger partial charge in [-0.15, -0.1) is 0 Å². The van der Waals surface area contributed by atoms with Crippen LogP contribution in [0.5, 0.6) is 0 Å². The number of nitrogens with zero attached hydrogens (tertiary/aromatic N) is 1. The van der Waals surface area contributed by atoms with Gasteiger partial charge in [-0.1, -0.05) is 28.1 Å². The van der Waals surface area contributed by atoms with Crippen molar-refractivity contribution in [1.29, 1.82) is 0 Å². The monoisotopic (exact) mass is 301 g/mol. The summed E-state index contributed by atoms with van der Waals surface area (Å²) < 4.78 is 5.51. The molecule has 0 aliphatic carbocycles. The summed E-state index contributed by atoms with van der Waals surface area (Å²) in [5, 5.41) is 0. The molecule has 12 heavy (non-hydrogen) atoms. The van der Waals surface area contributed by atoms with E-state index in [0.29, 0.717) is 0 Å². The summed E-state index contributed by atoms with van der Waals surface area (Å²) in [6.07, 6.45) is 2.16. The molecule has 0 aliphatic rings. The third-order valence-electron chi connectivity index (χ3n) is 1.89. The zero-order valence-electron chi connectivity index (χ0n) is 8.35. The first kappa shape index (κ1) is 13.1. The third kappa shape index (κ3) is 5.73. The van der Waals surface area contributed by atoms with Crippen molar-refractivity contribution in [2.24, 2.45) is 0 Å². The van der Waals surface area contributed by atoms with Crippen molar-refractivity contribution in [1.82, 2.24) is 4.90 Å².